The molecule has 0 amide bonds. The Morgan fingerprint density at radius 3 is 3.11 bits per heavy atom. The van der Waals surface area contributed by atoms with Gasteiger partial charge in [-0.2, -0.15) is 0 Å². The number of anilines is 1. The molecule has 0 spiro atoms. The Bertz CT molecular complexity index is 425. The van der Waals surface area contributed by atoms with Gasteiger partial charge in [-0.3, -0.25) is 0 Å². The fourth-order valence-corrected chi connectivity index (χ4v) is 2.12. The normalized spacial score (nSPS) is 18.8. The highest BCUT2D eigenvalue weighted by molar-refractivity contribution is 5.80. The molecule has 1 unspecified atom stereocenters. The number of aromatic nitrogens is 2. The summed E-state index contributed by atoms with van der Waals surface area (Å²) in [5.41, 5.74) is 0. The summed E-state index contributed by atoms with van der Waals surface area (Å²) >= 11 is 0. The first-order chi connectivity index (χ1) is 8.76. The van der Waals surface area contributed by atoms with E-state index in [9.17, 15) is 4.79 Å². The SMILES string of the molecule is CCOC(=O)C1CCCN1c1cc(OC)ncn1. The van der Waals surface area contributed by atoms with Crippen LogP contribution in [-0.4, -0.2) is 42.2 Å². The lowest BCUT2D eigenvalue weighted by Crippen LogP contribution is -2.37. The standard InChI is InChI=1S/C12H17N3O3/c1-3-18-12(16)9-5-4-6-15(9)10-7-11(17-2)14-8-13-10/h7-9H,3-6H2,1-2H3. The first kappa shape index (κ1) is 12.6. The largest absolute Gasteiger partial charge is 0.481 e. The maximum atomic E-state index is 11.8. The summed E-state index contributed by atoms with van der Waals surface area (Å²) in [6.07, 6.45) is 3.19. The van der Waals surface area contributed by atoms with E-state index >= 15 is 0 Å². The van der Waals surface area contributed by atoms with Gasteiger partial charge < -0.3 is 14.4 Å². The number of rotatable bonds is 4. The fraction of sp³-hybridized carbons (Fsp3) is 0.583. The van der Waals surface area contributed by atoms with E-state index in [-0.39, 0.29) is 12.0 Å². The third kappa shape index (κ3) is 2.52. The molecule has 0 aliphatic carbocycles. The molecular formula is C12H17N3O3. The molecule has 1 aliphatic rings. The lowest BCUT2D eigenvalue weighted by Gasteiger charge is -2.23. The molecule has 0 N–H and O–H groups in total. The van der Waals surface area contributed by atoms with Crippen LogP contribution in [0.4, 0.5) is 5.82 Å². The van der Waals surface area contributed by atoms with Gasteiger partial charge >= 0.3 is 5.97 Å². The number of hydrogen-bond acceptors (Lipinski definition) is 6. The Kier molecular flexibility index (Phi) is 3.96. The van der Waals surface area contributed by atoms with Crippen LogP contribution in [0.2, 0.25) is 0 Å². The summed E-state index contributed by atoms with van der Waals surface area (Å²) in [4.78, 5) is 21.9. The van der Waals surface area contributed by atoms with Crippen molar-refractivity contribution in [1.29, 1.82) is 0 Å². The zero-order chi connectivity index (χ0) is 13.0. The molecule has 1 saturated heterocycles. The highest BCUT2D eigenvalue weighted by Gasteiger charge is 2.32. The van der Waals surface area contributed by atoms with Gasteiger partial charge in [-0.1, -0.05) is 0 Å². The third-order valence-corrected chi connectivity index (χ3v) is 2.94. The lowest BCUT2D eigenvalue weighted by atomic mass is 10.2. The van der Waals surface area contributed by atoms with Crippen LogP contribution < -0.4 is 9.64 Å². The van der Waals surface area contributed by atoms with Crippen LogP contribution >= 0.6 is 0 Å². The number of methoxy groups -OCH3 is 1. The maximum absolute atomic E-state index is 11.8. The smallest absolute Gasteiger partial charge is 0.328 e. The van der Waals surface area contributed by atoms with Crippen LogP contribution in [0.3, 0.4) is 0 Å². The van der Waals surface area contributed by atoms with E-state index in [1.807, 2.05) is 11.8 Å². The summed E-state index contributed by atoms with van der Waals surface area (Å²) in [7, 11) is 1.55. The summed E-state index contributed by atoms with van der Waals surface area (Å²) in [6, 6.07) is 1.49. The van der Waals surface area contributed by atoms with Gasteiger partial charge in [-0.05, 0) is 19.8 Å². The molecule has 0 bridgehead atoms. The summed E-state index contributed by atoms with van der Waals surface area (Å²) in [6.45, 7) is 3.00. The minimum atomic E-state index is -0.246. The summed E-state index contributed by atoms with van der Waals surface area (Å²) in [5.74, 6) is 1.01. The van der Waals surface area contributed by atoms with E-state index in [0.717, 1.165) is 19.4 Å². The van der Waals surface area contributed by atoms with Crippen LogP contribution in [0, 0.1) is 0 Å². The van der Waals surface area contributed by atoms with Crippen molar-refractivity contribution in [3.8, 4) is 5.88 Å². The molecule has 1 aromatic heterocycles. The van der Waals surface area contributed by atoms with Crippen LogP contribution in [0.5, 0.6) is 5.88 Å². The van der Waals surface area contributed by atoms with Gasteiger partial charge in [0.05, 0.1) is 13.7 Å². The number of hydrogen-bond donors (Lipinski definition) is 0. The first-order valence-electron chi connectivity index (χ1n) is 6.05. The molecule has 1 fully saturated rings. The minimum absolute atomic E-state index is 0.187. The van der Waals surface area contributed by atoms with Crippen LogP contribution in [0.1, 0.15) is 19.8 Å². The van der Waals surface area contributed by atoms with Gasteiger partial charge in [0.25, 0.3) is 0 Å². The zero-order valence-electron chi connectivity index (χ0n) is 10.6. The van der Waals surface area contributed by atoms with Crippen molar-refractivity contribution in [2.24, 2.45) is 0 Å². The van der Waals surface area contributed by atoms with E-state index in [1.165, 1.54) is 6.33 Å². The molecule has 1 atom stereocenters. The molecule has 1 aromatic rings. The number of carbonyl (C=O) groups excluding carboxylic acids is 1. The molecule has 0 saturated carbocycles. The van der Waals surface area contributed by atoms with E-state index in [2.05, 4.69) is 9.97 Å². The van der Waals surface area contributed by atoms with Crippen molar-refractivity contribution in [3.63, 3.8) is 0 Å². The van der Waals surface area contributed by atoms with Gasteiger partial charge in [0.2, 0.25) is 5.88 Å². The van der Waals surface area contributed by atoms with Crippen LogP contribution in [-0.2, 0) is 9.53 Å². The summed E-state index contributed by atoms with van der Waals surface area (Å²) in [5, 5.41) is 0. The topological polar surface area (TPSA) is 64.5 Å². The van der Waals surface area contributed by atoms with Crippen LogP contribution in [0.25, 0.3) is 0 Å². The molecule has 6 heteroatoms. The second-order valence-corrected chi connectivity index (χ2v) is 4.02. The lowest BCUT2D eigenvalue weighted by molar-refractivity contribution is -0.144. The highest BCUT2D eigenvalue weighted by atomic mass is 16.5. The molecular weight excluding hydrogens is 234 g/mol. The first-order valence-corrected chi connectivity index (χ1v) is 6.05. The van der Waals surface area contributed by atoms with Gasteiger partial charge in [0.15, 0.2) is 0 Å². The number of esters is 1. The summed E-state index contributed by atoms with van der Waals surface area (Å²) < 4.78 is 10.1. The van der Waals surface area contributed by atoms with E-state index < -0.39 is 0 Å². The average molecular weight is 251 g/mol. The van der Waals surface area contributed by atoms with Crippen molar-refractivity contribution in [2.45, 2.75) is 25.8 Å². The molecule has 18 heavy (non-hydrogen) atoms. The number of carbonyl (C=O) groups is 1. The third-order valence-electron chi connectivity index (χ3n) is 2.94. The van der Waals surface area contributed by atoms with Gasteiger partial charge in [0, 0.05) is 12.6 Å². The van der Waals surface area contributed by atoms with Crippen molar-refractivity contribution in [2.75, 3.05) is 25.2 Å². The monoisotopic (exact) mass is 251 g/mol. The predicted octanol–water partition coefficient (Wildman–Crippen LogP) is 1.02. The number of nitrogens with zero attached hydrogens (tertiary/aromatic N) is 3. The van der Waals surface area contributed by atoms with E-state index in [4.69, 9.17) is 9.47 Å². The Morgan fingerprint density at radius 2 is 2.39 bits per heavy atom. The molecule has 0 aromatic carbocycles. The van der Waals surface area contributed by atoms with Crippen LogP contribution in [0.15, 0.2) is 12.4 Å². The van der Waals surface area contributed by atoms with E-state index in [1.54, 1.807) is 13.2 Å². The van der Waals surface area contributed by atoms with Gasteiger partial charge in [-0.25, -0.2) is 14.8 Å². The van der Waals surface area contributed by atoms with Crippen molar-refractivity contribution in [3.05, 3.63) is 12.4 Å². The molecule has 2 heterocycles. The second kappa shape index (κ2) is 5.66. The fourth-order valence-electron chi connectivity index (χ4n) is 2.12. The highest BCUT2D eigenvalue weighted by Crippen LogP contribution is 2.26. The Morgan fingerprint density at radius 1 is 1.56 bits per heavy atom. The van der Waals surface area contributed by atoms with Crippen molar-refractivity contribution >= 4 is 11.8 Å². The van der Waals surface area contributed by atoms with Gasteiger partial charge in [-0.15, -0.1) is 0 Å². The second-order valence-electron chi connectivity index (χ2n) is 4.02. The quantitative estimate of drug-likeness (QED) is 0.744. The van der Waals surface area contributed by atoms with E-state index in [0.29, 0.717) is 18.3 Å². The molecule has 1 aliphatic heterocycles. The predicted molar refractivity (Wildman–Crippen MR) is 65.6 cm³/mol. The molecule has 98 valence electrons. The Labute approximate surface area is 106 Å². The minimum Gasteiger partial charge on any atom is -0.481 e. The van der Waals surface area contributed by atoms with Crippen molar-refractivity contribution in [1.82, 2.24) is 9.97 Å². The molecule has 2 rings (SSSR count). The zero-order valence-corrected chi connectivity index (χ0v) is 10.6. The van der Waals surface area contributed by atoms with Crippen molar-refractivity contribution < 1.29 is 14.3 Å². The molecule has 6 nitrogen and oxygen atoms in total. The number of ether oxygens (including phenoxy) is 2. The van der Waals surface area contributed by atoms with Gasteiger partial charge in [0.1, 0.15) is 18.2 Å². The average Bonchev–Trinajstić information content (AvgIpc) is 2.88. The Balaban J connectivity index is 2.17. The maximum Gasteiger partial charge on any atom is 0.328 e. The molecule has 0 radical (unpaired) electrons. The Hall–Kier alpha value is -1.85.